The maximum absolute atomic E-state index is 2.53. The van der Waals surface area contributed by atoms with Gasteiger partial charge in [-0.3, -0.25) is 0 Å². The van der Waals surface area contributed by atoms with Crippen molar-refractivity contribution in [2.45, 2.75) is 32.4 Å². The fourth-order valence-electron chi connectivity index (χ4n) is 7.38. The molecule has 0 aliphatic rings. The molecular weight excluding hydrogens is 713 g/mol. The zero-order chi connectivity index (χ0) is 39.0. The molecule has 0 saturated heterocycles. The summed E-state index contributed by atoms with van der Waals surface area (Å²) in [5, 5.41) is 2.63. The average Bonchev–Trinajstić information content (AvgIpc) is 3.70. The molecule has 0 bridgehead atoms. The highest BCUT2D eigenvalue weighted by Gasteiger charge is 2.24. The van der Waals surface area contributed by atoms with Crippen molar-refractivity contribution < 1.29 is 18.1 Å². The lowest BCUT2D eigenvalue weighted by Crippen LogP contribution is -2.48. The summed E-state index contributed by atoms with van der Waals surface area (Å²) in [5.74, 6) is 0. The second kappa shape index (κ2) is 18.1. The van der Waals surface area contributed by atoms with Crippen molar-refractivity contribution in [1.29, 1.82) is 0 Å². The number of aromatic nitrogens is 2. The fourth-order valence-corrected chi connectivity index (χ4v) is 9.56. The van der Waals surface area contributed by atoms with E-state index in [0.717, 1.165) is 48.0 Å². The van der Waals surface area contributed by atoms with Gasteiger partial charge in [-0.15, -0.1) is 0 Å². The molecule has 0 atom stereocenters. The number of hydrogen-bond donors (Lipinski definition) is 0. The molecule has 0 unspecified atom stereocenters. The molecule has 0 saturated carbocycles. The third kappa shape index (κ3) is 10.9. The van der Waals surface area contributed by atoms with Crippen LogP contribution >= 0.6 is 22.7 Å². The lowest BCUT2D eigenvalue weighted by molar-refractivity contribution is -0.911. The molecule has 6 aromatic rings. The number of quaternary nitrogens is 2. The fraction of sp³-hybridized carbons (Fsp3) is 0.362. The summed E-state index contributed by atoms with van der Waals surface area (Å²) in [7, 11) is 18.0. The minimum absolute atomic E-state index is 1.03. The Morgan fingerprint density at radius 2 is 0.836 bits per heavy atom. The van der Waals surface area contributed by atoms with Crippen LogP contribution < -0.4 is 18.9 Å². The summed E-state index contributed by atoms with van der Waals surface area (Å²) in [4.78, 5) is 4.28. The standard InChI is InChI=1S/C47H62N6S2/c1-48(2)40-26-20-38(21-27-40)24-30-46-50(42-16-9-11-18-44(42)54-46)32-13-34-52(5,6)36-15-37-53(7,8)35-14-33-51-43-17-10-12-19-45(43)55-47(51)31-25-39-22-28-41(29-23-39)49(3)4/h9-12,16-31H,13-15,32-37H2,1-8H3/q+4. The van der Waals surface area contributed by atoms with Crippen LogP contribution in [-0.4, -0.2) is 91.5 Å². The number of rotatable bonds is 18. The van der Waals surface area contributed by atoms with Gasteiger partial charge in [-0.25, -0.2) is 0 Å². The lowest BCUT2D eigenvalue weighted by atomic mass is 10.2. The molecule has 0 fully saturated rings. The maximum Gasteiger partial charge on any atom is 0.262 e. The zero-order valence-electron chi connectivity index (χ0n) is 34.4. The van der Waals surface area contributed by atoms with E-state index in [-0.39, 0.29) is 0 Å². The first-order chi connectivity index (χ1) is 26.4. The van der Waals surface area contributed by atoms with E-state index in [1.807, 2.05) is 22.7 Å². The SMILES string of the molecule is CN(C)c1ccc(C=Cc2sc3ccccc3[n+]2CCC[N+](C)(C)CCC[N+](C)(C)CCC[n+]2c(C=Cc3ccc(N(C)C)cc3)sc3ccccc32)cc1. The van der Waals surface area contributed by atoms with Crippen LogP contribution in [0.3, 0.4) is 0 Å². The Labute approximate surface area is 338 Å². The van der Waals surface area contributed by atoms with Gasteiger partial charge in [0.05, 0.1) is 67.2 Å². The van der Waals surface area contributed by atoms with Crippen molar-refractivity contribution in [3.63, 3.8) is 0 Å². The average molecular weight is 775 g/mol. The molecule has 6 nitrogen and oxygen atoms in total. The number of nitrogens with zero attached hydrogens (tertiary/aromatic N) is 6. The van der Waals surface area contributed by atoms with Gasteiger partial charge in [0.15, 0.2) is 13.1 Å². The van der Waals surface area contributed by atoms with Gasteiger partial charge < -0.3 is 18.8 Å². The number of para-hydroxylation sites is 2. The van der Waals surface area contributed by atoms with Crippen molar-refractivity contribution in [1.82, 2.24) is 0 Å². The molecule has 0 amide bonds. The molecule has 2 heterocycles. The quantitative estimate of drug-likeness (QED) is 0.0639. The third-order valence-corrected chi connectivity index (χ3v) is 13.0. The van der Waals surface area contributed by atoms with Crippen molar-refractivity contribution in [3.8, 4) is 0 Å². The van der Waals surface area contributed by atoms with Gasteiger partial charge in [-0.1, -0.05) is 71.2 Å². The largest absolute Gasteiger partial charge is 0.378 e. The minimum atomic E-state index is 1.03. The van der Waals surface area contributed by atoms with Gasteiger partial charge in [0, 0.05) is 70.3 Å². The van der Waals surface area contributed by atoms with Crippen LogP contribution in [0.4, 0.5) is 11.4 Å². The van der Waals surface area contributed by atoms with E-state index in [1.165, 1.54) is 72.5 Å². The molecule has 6 rings (SSSR count). The zero-order valence-corrected chi connectivity index (χ0v) is 36.0. The Morgan fingerprint density at radius 1 is 0.473 bits per heavy atom. The van der Waals surface area contributed by atoms with E-state index in [2.05, 4.69) is 197 Å². The Hall–Kier alpha value is -4.34. The van der Waals surface area contributed by atoms with Crippen LogP contribution in [0.15, 0.2) is 97.1 Å². The van der Waals surface area contributed by atoms with Gasteiger partial charge in [0.25, 0.3) is 10.0 Å². The smallest absolute Gasteiger partial charge is 0.262 e. The Balaban J connectivity index is 1.00. The Bertz CT molecular complexity index is 2050. The Morgan fingerprint density at radius 3 is 1.22 bits per heavy atom. The van der Waals surface area contributed by atoms with Crippen LogP contribution in [-0.2, 0) is 13.1 Å². The molecule has 4 aromatic carbocycles. The van der Waals surface area contributed by atoms with Gasteiger partial charge in [0.1, 0.15) is 9.40 Å². The van der Waals surface area contributed by atoms with Gasteiger partial charge in [0.2, 0.25) is 11.0 Å². The number of anilines is 2. The number of hydrogen-bond acceptors (Lipinski definition) is 4. The molecule has 288 valence electrons. The van der Waals surface area contributed by atoms with Gasteiger partial charge in [-0.05, 0) is 59.7 Å². The summed E-state index contributed by atoms with van der Waals surface area (Å²) >= 11 is 3.78. The highest BCUT2D eigenvalue weighted by Crippen LogP contribution is 2.25. The first-order valence-electron chi connectivity index (χ1n) is 19.8. The van der Waals surface area contributed by atoms with E-state index >= 15 is 0 Å². The van der Waals surface area contributed by atoms with E-state index in [4.69, 9.17) is 0 Å². The van der Waals surface area contributed by atoms with E-state index in [9.17, 15) is 0 Å². The predicted octanol–water partition coefficient (Wildman–Crippen LogP) is 9.19. The lowest BCUT2D eigenvalue weighted by Gasteiger charge is -2.33. The highest BCUT2D eigenvalue weighted by molar-refractivity contribution is 7.19. The molecule has 55 heavy (non-hydrogen) atoms. The van der Waals surface area contributed by atoms with Crippen molar-refractivity contribution in [2.75, 3.05) is 92.4 Å². The summed E-state index contributed by atoms with van der Waals surface area (Å²) in [6.45, 7) is 6.78. The Kier molecular flexibility index (Phi) is 13.3. The van der Waals surface area contributed by atoms with E-state index in [0.29, 0.717) is 0 Å². The van der Waals surface area contributed by atoms with Crippen molar-refractivity contribution in [3.05, 3.63) is 118 Å². The number of aryl methyl sites for hydroxylation is 2. The predicted molar refractivity (Wildman–Crippen MR) is 241 cm³/mol. The topological polar surface area (TPSA) is 14.2 Å². The first kappa shape index (κ1) is 40.3. The van der Waals surface area contributed by atoms with Crippen molar-refractivity contribution >= 4 is 78.8 Å². The summed E-state index contributed by atoms with van der Waals surface area (Å²) in [6.07, 6.45) is 12.6. The summed E-state index contributed by atoms with van der Waals surface area (Å²) in [5.41, 5.74) is 7.58. The first-order valence-corrected chi connectivity index (χ1v) is 21.4. The van der Waals surface area contributed by atoms with Crippen LogP contribution in [0.2, 0.25) is 0 Å². The molecule has 0 N–H and O–H groups in total. The molecule has 8 heteroatoms. The number of thiazole rings is 2. The molecule has 2 aromatic heterocycles. The third-order valence-electron chi connectivity index (χ3n) is 10.7. The van der Waals surface area contributed by atoms with Crippen molar-refractivity contribution in [2.24, 2.45) is 0 Å². The number of benzene rings is 4. The van der Waals surface area contributed by atoms with Gasteiger partial charge in [-0.2, -0.15) is 9.13 Å². The molecule has 0 spiro atoms. The van der Waals surface area contributed by atoms with E-state index < -0.39 is 0 Å². The second-order valence-electron chi connectivity index (χ2n) is 16.6. The minimum Gasteiger partial charge on any atom is -0.378 e. The maximum atomic E-state index is 2.53. The van der Waals surface area contributed by atoms with Crippen LogP contribution in [0.5, 0.6) is 0 Å². The second-order valence-corrected chi connectivity index (χ2v) is 18.7. The normalized spacial score (nSPS) is 12.5. The van der Waals surface area contributed by atoms with Gasteiger partial charge >= 0.3 is 0 Å². The molecule has 0 aliphatic carbocycles. The molecule has 0 radical (unpaired) electrons. The van der Waals surface area contributed by atoms with Crippen LogP contribution in [0, 0.1) is 0 Å². The number of fused-ring (bicyclic) bond motifs is 2. The highest BCUT2D eigenvalue weighted by atomic mass is 32.1. The molecule has 0 aliphatic heterocycles. The summed E-state index contributed by atoms with van der Waals surface area (Å²) < 4.78 is 9.87. The molecular formula is C47H62N6S2+4. The van der Waals surface area contributed by atoms with Crippen LogP contribution in [0.25, 0.3) is 44.7 Å². The van der Waals surface area contributed by atoms with E-state index in [1.54, 1.807) is 0 Å². The summed E-state index contributed by atoms with van der Waals surface area (Å²) in [6, 6.07) is 35.3. The monoisotopic (exact) mass is 774 g/mol. The van der Waals surface area contributed by atoms with Crippen LogP contribution in [0.1, 0.15) is 40.4 Å².